The molecule has 0 bridgehead atoms. The molecule has 0 spiro atoms. The van der Waals surface area contributed by atoms with Gasteiger partial charge >= 0.3 is 13.9 Å². The molecule has 2 aromatic rings. The molecule has 2 aromatic heterocycles. The maximum atomic E-state index is 11.6. The maximum Gasteiger partial charge on any atom is 0.463 e. The van der Waals surface area contributed by atoms with Crippen LogP contribution in [0.1, 0.15) is 10.5 Å². The first kappa shape index (κ1) is 13.1. The molecule has 6 nitrogen and oxygen atoms in total. The molecule has 0 saturated heterocycles. The molecule has 0 amide bonds. The Balaban J connectivity index is 2.56. The molecule has 1 unspecified atom stereocenters. The number of hydrogen-bond donors (Lipinski definition) is 1. The predicted octanol–water partition coefficient (Wildman–Crippen LogP) is 2.04. The van der Waals surface area contributed by atoms with Gasteiger partial charge in [0, 0.05) is 18.0 Å². The molecule has 0 aliphatic rings. The van der Waals surface area contributed by atoms with Crippen molar-refractivity contribution in [2.45, 2.75) is 0 Å². The average molecular weight is 277 g/mol. The standard InChI is InChI=1S/C12H9N2O4P/c1-19(18)14-7-9(8-2-4-13-5-3-8)6-10(14)11(15)12(16)17/h2-7H,1H3/p+1. The lowest BCUT2D eigenvalue weighted by atomic mass is 10.1. The summed E-state index contributed by atoms with van der Waals surface area (Å²) in [6.07, 6.45) is 4.67. The molecule has 2 rings (SSSR count). The molecular formula is C12H10N2O4P+. The van der Waals surface area contributed by atoms with Crippen molar-refractivity contribution in [1.29, 1.82) is 0 Å². The van der Waals surface area contributed by atoms with Gasteiger partial charge in [-0.05, 0) is 28.3 Å². The number of aromatic nitrogens is 2. The van der Waals surface area contributed by atoms with Gasteiger partial charge in [0.25, 0.3) is 5.78 Å². The van der Waals surface area contributed by atoms with E-state index in [1.54, 1.807) is 24.5 Å². The summed E-state index contributed by atoms with van der Waals surface area (Å²) in [4.78, 5) is 26.2. The number of carbonyl (C=O) groups excluding carboxylic acids is 1. The number of carboxylic acid groups (broad SMARTS) is 1. The second-order valence-corrected chi connectivity index (χ2v) is 5.15. The molecule has 0 aliphatic carbocycles. The topological polar surface area (TPSA) is 89.3 Å². The summed E-state index contributed by atoms with van der Waals surface area (Å²) in [5.74, 6) is -2.65. The van der Waals surface area contributed by atoms with Crippen molar-refractivity contribution in [2.24, 2.45) is 0 Å². The van der Waals surface area contributed by atoms with E-state index < -0.39 is 19.7 Å². The molecular weight excluding hydrogens is 267 g/mol. The first-order valence-electron chi connectivity index (χ1n) is 5.32. The number of pyridine rings is 1. The Bertz CT molecular complexity index is 664. The molecule has 0 radical (unpaired) electrons. The van der Waals surface area contributed by atoms with Gasteiger partial charge in [-0.25, -0.2) is 4.79 Å². The highest BCUT2D eigenvalue weighted by Gasteiger charge is 2.27. The van der Waals surface area contributed by atoms with Crippen molar-refractivity contribution >= 4 is 19.7 Å². The fraction of sp³-hybridized carbons (Fsp3) is 0.0833. The van der Waals surface area contributed by atoms with E-state index in [4.69, 9.17) is 5.11 Å². The Kier molecular flexibility index (Phi) is 3.53. The van der Waals surface area contributed by atoms with E-state index in [0.717, 1.165) is 5.56 Å². The van der Waals surface area contributed by atoms with Gasteiger partial charge in [0.05, 0.1) is 6.20 Å². The van der Waals surface area contributed by atoms with Gasteiger partial charge in [-0.1, -0.05) is 0 Å². The fourth-order valence-corrected chi connectivity index (χ4v) is 2.41. The van der Waals surface area contributed by atoms with Crippen molar-refractivity contribution in [3.05, 3.63) is 42.5 Å². The van der Waals surface area contributed by atoms with Crippen LogP contribution in [0.5, 0.6) is 0 Å². The first-order valence-corrected chi connectivity index (χ1v) is 6.98. The van der Waals surface area contributed by atoms with E-state index in [0.29, 0.717) is 5.56 Å². The maximum absolute atomic E-state index is 11.6. The number of carbonyl (C=O) groups is 2. The van der Waals surface area contributed by atoms with Gasteiger partial charge in [0.2, 0.25) is 0 Å². The molecule has 7 heteroatoms. The normalized spacial score (nSPS) is 11.1. The third-order valence-electron chi connectivity index (χ3n) is 2.54. The summed E-state index contributed by atoms with van der Waals surface area (Å²) in [5, 5.41) is 8.75. The molecule has 1 N–H and O–H groups in total. The quantitative estimate of drug-likeness (QED) is 0.524. The van der Waals surface area contributed by atoms with Gasteiger partial charge in [-0.2, -0.15) is 0 Å². The minimum absolute atomic E-state index is 0.0945. The van der Waals surface area contributed by atoms with Crippen LogP contribution in [0.25, 0.3) is 11.1 Å². The third kappa shape index (κ3) is 2.58. The second kappa shape index (κ2) is 5.12. The molecule has 0 saturated carbocycles. The summed E-state index contributed by atoms with van der Waals surface area (Å²) in [6, 6.07) is 4.86. The summed E-state index contributed by atoms with van der Waals surface area (Å²) in [7, 11) is -1.88. The number of nitrogens with zero attached hydrogens (tertiary/aromatic N) is 2. The van der Waals surface area contributed by atoms with E-state index >= 15 is 0 Å². The van der Waals surface area contributed by atoms with E-state index in [2.05, 4.69) is 4.98 Å². The smallest absolute Gasteiger partial charge is 0.463 e. The summed E-state index contributed by atoms with van der Waals surface area (Å²) in [6.45, 7) is 1.41. The lowest BCUT2D eigenvalue weighted by Crippen LogP contribution is -2.15. The number of carboxylic acids is 1. The highest BCUT2D eigenvalue weighted by Crippen LogP contribution is 2.29. The molecule has 19 heavy (non-hydrogen) atoms. The summed E-state index contributed by atoms with van der Waals surface area (Å²) in [5.41, 5.74) is 1.30. The minimum Gasteiger partial charge on any atom is -0.475 e. The van der Waals surface area contributed by atoms with Crippen molar-refractivity contribution < 1.29 is 19.3 Å². The number of aliphatic carboxylic acids is 1. The van der Waals surface area contributed by atoms with Crippen molar-refractivity contribution in [3.8, 4) is 11.1 Å². The van der Waals surface area contributed by atoms with E-state index in [-0.39, 0.29) is 5.69 Å². The number of Topliss-reactive ketones (excluding diaryl/α,β-unsaturated/α-hetero) is 1. The Morgan fingerprint density at radius 1 is 1.26 bits per heavy atom. The van der Waals surface area contributed by atoms with Crippen LogP contribution < -0.4 is 0 Å². The lowest BCUT2D eigenvalue weighted by molar-refractivity contribution is -0.131. The molecule has 1 atom stereocenters. The monoisotopic (exact) mass is 277 g/mol. The van der Waals surface area contributed by atoms with Crippen LogP contribution in [0.4, 0.5) is 0 Å². The Morgan fingerprint density at radius 3 is 2.42 bits per heavy atom. The Hall–Kier alpha value is -2.33. The highest BCUT2D eigenvalue weighted by molar-refractivity contribution is 7.42. The van der Waals surface area contributed by atoms with Crippen LogP contribution in [0, 0.1) is 0 Å². The van der Waals surface area contributed by atoms with Gasteiger partial charge in [-0.3, -0.25) is 9.78 Å². The number of hydrogen-bond acceptors (Lipinski definition) is 4. The van der Waals surface area contributed by atoms with Crippen LogP contribution in [0.15, 0.2) is 36.8 Å². The van der Waals surface area contributed by atoms with E-state index in [1.165, 1.54) is 23.3 Å². The second-order valence-electron chi connectivity index (χ2n) is 3.79. The minimum atomic E-state index is -1.88. The summed E-state index contributed by atoms with van der Waals surface area (Å²) >= 11 is 0. The molecule has 0 aliphatic heterocycles. The van der Waals surface area contributed by atoms with Gasteiger partial charge in [0.15, 0.2) is 6.66 Å². The van der Waals surface area contributed by atoms with Gasteiger partial charge in [0.1, 0.15) is 5.69 Å². The van der Waals surface area contributed by atoms with Crippen LogP contribution in [0.2, 0.25) is 0 Å². The summed E-state index contributed by atoms with van der Waals surface area (Å²) < 4.78 is 12.8. The zero-order chi connectivity index (χ0) is 14.0. The van der Waals surface area contributed by atoms with Crippen molar-refractivity contribution in [2.75, 3.05) is 6.66 Å². The Labute approximate surface area is 109 Å². The van der Waals surface area contributed by atoms with Crippen LogP contribution >= 0.6 is 7.95 Å². The van der Waals surface area contributed by atoms with Gasteiger partial charge in [-0.15, -0.1) is 4.34 Å². The molecule has 96 valence electrons. The molecule has 2 heterocycles. The average Bonchev–Trinajstić information content (AvgIpc) is 2.83. The van der Waals surface area contributed by atoms with E-state index in [1.807, 2.05) is 0 Å². The van der Waals surface area contributed by atoms with Crippen LogP contribution in [0.3, 0.4) is 0 Å². The zero-order valence-electron chi connectivity index (χ0n) is 9.98. The molecule has 0 aromatic carbocycles. The van der Waals surface area contributed by atoms with Crippen molar-refractivity contribution in [1.82, 2.24) is 9.32 Å². The van der Waals surface area contributed by atoms with E-state index in [9.17, 15) is 14.2 Å². The third-order valence-corrected chi connectivity index (χ3v) is 3.48. The predicted molar refractivity (Wildman–Crippen MR) is 68.6 cm³/mol. The van der Waals surface area contributed by atoms with Crippen molar-refractivity contribution in [3.63, 3.8) is 0 Å². The number of rotatable bonds is 4. The van der Waals surface area contributed by atoms with Crippen LogP contribution in [-0.4, -0.2) is 32.8 Å². The highest BCUT2D eigenvalue weighted by atomic mass is 31.1. The van der Waals surface area contributed by atoms with Gasteiger partial charge < -0.3 is 5.11 Å². The molecule has 0 fully saturated rings. The lowest BCUT2D eigenvalue weighted by Gasteiger charge is -1.93. The zero-order valence-corrected chi connectivity index (χ0v) is 10.9. The van der Waals surface area contributed by atoms with Crippen LogP contribution in [-0.2, 0) is 9.36 Å². The first-order chi connectivity index (χ1) is 9.00. The SMILES string of the molecule is C[P+](=O)n1cc(-c2ccncc2)cc1C(=O)C(=O)O. The number of ketones is 1. The Morgan fingerprint density at radius 2 is 1.89 bits per heavy atom. The largest absolute Gasteiger partial charge is 0.475 e. The fourth-order valence-electron chi connectivity index (χ4n) is 1.67.